The van der Waals surface area contributed by atoms with Gasteiger partial charge >= 0.3 is 0 Å². The van der Waals surface area contributed by atoms with Crippen LogP contribution in [0.4, 0.5) is 0 Å². The number of pyridine rings is 1. The van der Waals surface area contributed by atoms with E-state index in [0.717, 1.165) is 22.8 Å². The largest absolute Gasteiger partial charge is 0.342 e. The third-order valence-electron chi connectivity index (χ3n) is 10.9. The van der Waals surface area contributed by atoms with Crippen LogP contribution in [0, 0.1) is 6.55 Å². The quantitative estimate of drug-likeness (QED) is 0.0240. The third-order valence-corrected chi connectivity index (χ3v) is 16.4. The van der Waals surface area contributed by atoms with Gasteiger partial charge in [-0.2, -0.15) is 0 Å². The van der Waals surface area contributed by atoms with E-state index in [-0.39, 0.29) is 25.6 Å². The minimum Gasteiger partial charge on any atom is -0.342 e. The minimum atomic E-state index is -0.861. The molecular formula is C62H136CoN3Si6-. The molecule has 0 amide bonds. The molecule has 1 rings (SSSR count). The Balaban J connectivity index is -0.000000110. The summed E-state index contributed by atoms with van der Waals surface area (Å²) in [7, 11) is 5.71. The number of nitrogens with zero attached hydrogens (tertiary/aromatic N) is 3. The molecule has 1 heterocycles. The van der Waals surface area contributed by atoms with Crippen LogP contribution in [0.25, 0.3) is 0 Å². The molecule has 0 aliphatic rings. The first-order valence-corrected chi connectivity index (χ1v) is 44.8. The summed E-state index contributed by atoms with van der Waals surface area (Å²) < 4.78 is 0. The zero-order valence-electron chi connectivity index (χ0n) is 53.5. The van der Waals surface area contributed by atoms with Crippen LogP contribution in [0.2, 0.25) is 76.6 Å². The fourth-order valence-electron chi connectivity index (χ4n) is 6.04. The molecule has 0 aliphatic carbocycles. The Hall–Kier alpha value is -0.482. The van der Waals surface area contributed by atoms with Crippen LogP contribution in [-0.2, 0) is 16.8 Å². The van der Waals surface area contributed by atoms with E-state index in [1.54, 1.807) is 26.2 Å². The molecule has 0 unspecified atom stereocenters. The summed E-state index contributed by atoms with van der Waals surface area (Å²) in [6.45, 7) is 43.9. The van der Waals surface area contributed by atoms with Gasteiger partial charge in [-0.3, -0.25) is 9.98 Å². The maximum atomic E-state index is 4.45. The van der Waals surface area contributed by atoms with Gasteiger partial charge in [0.2, 0.25) is 0 Å². The molecule has 433 valence electrons. The molecule has 1 radical (unpaired) electrons. The van der Waals surface area contributed by atoms with Gasteiger partial charge in [0.15, 0.2) is 0 Å². The van der Waals surface area contributed by atoms with Gasteiger partial charge in [-0.15, -0.1) is 20.4 Å². The summed E-state index contributed by atoms with van der Waals surface area (Å²) in [5.41, 5.74) is 5.97. The van der Waals surface area contributed by atoms with E-state index in [1.807, 2.05) is 38.1 Å². The molecule has 10 heteroatoms. The van der Waals surface area contributed by atoms with Gasteiger partial charge in [-0.25, -0.2) is 4.98 Å². The second-order valence-electron chi connectivity index (χ2n) is 22.2. The molecular weight excluding hydrogens is 1010 g/mol. The second kappa shape index (κ2) is 74.8. The summed E-state index contributed by atoms with van der Waals surface area (Å²) in [4.78, 5) is 12.7. The molecule has 0 bridgehead atoms. The summed E-state index contributed by atoms with van der Waals surface area (Å²) in [5.74, 6) is 0. The van der Waals surface area contributed by atoms with Crippen LogP contribution in [0.15, 0.2) is 64.8 Å². The van der Waals surface area contributed by atoms with Crippen molar-refractivity contribution in [3.63, 3.8) is 0 Å². The van der Waals surface area contributed by atoms with Crippen molar-refractivity contribution in [3.8, 4) is 0 Å². The number of aromatic nitrogens is 1. The number of aliphatic imine (C=N–C) groups is 2. The summed E-state index contributed by atoms with van der Waals surface area (Å²) >= 11 is 0. The molecule has 0 fully saturated rings. The van der Waals surface area contributed by atoms with E-state index in [1.165, 1.54) is 210 Å². The molecule has 0 saturated heterocycles. The van der Waals surface area contributed by atoms with Crippen molar-refractivity contribution in [2.45, 2.75) is 299 Å². The minimum absolute atomic E-state index is 0. The zero-order chi connectivity index (χ0) is 55.9. The van der Waals surface area contributed by atoms with E-state index >= 15 is 0 Å². The number of hydrogen-bond acceptors (Lipinski definition) is 3. The van der Waals surface area contributed by atoms with Gasteiger partial charge in [-0.05, 0) is 70.5 Å². The van der Waals surface area contributed by atoms with Gasteiger partial charge < -0.3 is 6.55 Å². The monoisotopic (exact) mass is 1150 g/mol. The van der Waals surface area contributed by atoms with E-state index in [2.05, 4.69) is 146 Å². The Morgan fingerprint density at radius 1 is 0.583 bits per heavy atom. The van der Waals surface area contributed by atoms with Crippen LogP contribution < -0.4 is 0 Å². The molecule has 0 N–H and O–H groups in total. The average Bonchev–Trinajstić information content (AvgIpc) is 3.33. The van der Waals surface area contributed by atoms with E-state index in [0.29, 0.717) is 0 Å². The number of unbranched alkanes of at least 4 members (excludes halogenated alkanes) is 21. The smallest absolute Gasteiger partial charge is 0.0844 e. The first kappa shape index (κ1) is 88.1. The van der Waals surface area contributed by atoms with Crippen molar-refractivity contribution in [2.24, 2.45) is 9.98 Å². The molecule has 0 spiro atoms. The van der Waals surface area contributed by atoms with Gasteiger partial charge in [0.1, 0.15) is 0 Å². The number of hydrogen-bond donors (Lipinski definition) is 0. The fraction of sp³-hybridized carbons (Fsp3) is 0.774. The van der Waals surface area contributed by atoms with Crippen LogP contribution in [-0.4, -0.2) is 86.2 Å². The molecule has 1 aromatic rings. The van der Waals surface area contributed by atoms with Gasteiger partial charge in [0.25, 0.3) is 0 Å². The van der Waals surface area contributed by atoms with Crippen LogP contribution in [0.3, 0.4) is 0 Å². The maximum absolute atomic E-state index is 4.45. The normalized spacial score (nSPS) is 11.2. The second-order valence-corrected chi connectivity index (χ2v) is 38.8. The van der Waals surface area contributed by atoms with Crippen LogP contribution in [0.5, 0.6) is 0 Å². The van der Waals surface area contributed by atoms with Crippen molar-refractivity contribution in [1.29, 1.82) is 0 Å². The molecule has 0 aromatic carbocycles. The van der Waals surface area contributed by atoms with Crippen molar-refractivity contribution >= 4 is 67.1 Å². The van der Waals surface area contributed by atoms with Gasteiger partial charge in [0.05, 0.1) is 22.8 Å². The van der Waals surface area contributed by atoms with Gasteiger partial charge in [0, 0.05) is 78.5 Å². The van der Waals surface area contributed by atoms with Gasteiger partial charge in [-0.1, -0.05) is 271 Å². The molecule has 0 aliphatic heterocycles. The standard InChI is InChI=1S/C11H15N3.C8H20Si.2C8H18Si.C8H18.C8H16.C7H20Si2.C4H11Si.Co/c1-8(12-3)10-6-5-7-11(14-10)9(2)13-4;3*1-2-3-4-5-6-7-8-9;2*1-3-5-7-8-6-4-2;1-8(2)6-7-9(3,4)5;1-5(2,3)4;/h5-7H,1-4H3;2-8H2,1,9H3;7-8H,2-6H2,1,9H3;6-7H,2-5,8H2,1,9H3;3-8H2,1-2H3;3H,1,4-8H2,2H3;8H,6-7H2,1-5H3;1H2,2-4H3;/q;;;;;;;-1;. The van der Waals surface area contributed by atoms with E-state index < -0.39 is 16.1 Å². The van der Waals surface area contributed by atoms with Crippen molar-refractivity contribution in [3.05, 3.63) is 72.7 Å². The summed E-state index contributed by atoms with van der Waals surface area (Å²) in [6.07, 6.45) is 45.1. The number of rotatable bonds is 31. The molecule has 0 saturated carbocycles. The molecule has 0 atom stereocenters. The van der Waals surface area contributed by atoms with Crippen molar-refractivity contribution in [1.82, 2.24) is 4.98 Å². The predicted molar refractivity (Wildman–Crippen MR) is 363 cm³/mol. The Kier molecular flexibility index (Phi) is 91.5. The van der Waals surface area contributed by atoms with Crippen LogP contribution in [0.1, 0.15) is 234 Å². The zero-order valence-corrected chi connectivity index (χ0v) is 63.7. The Bertz CT molecular complexity index is 1200. The predicted octanol–water partition coefficient (Wildman–Crippen LogP) is 18.8. The molecule has 72 heavy (non-hydrogen) atoms. The molecule has 1 aromatic heterocycles. The SMILES string of the molecule is C=CCCCCCC.CCCCCC=CC[SiH3].CCCCCCC=C[SiH3].CCCCCCCC.CCCCCCCC[SiH3].CN=C(C)c1cccc(C(C)=NC)n1.C[SiH](C)CC[Si](C)(C)C.[CH2-][Si](C)(C)C.[Co]. The Morgan fingerprint density at radius 3 is 1.22 bits per heavy atom. The average molecular weight is 1150 g/mol. The fourth-order valence-corrected chi connectivity index (χ4v) is 13.0. The van der Waals surface area contributed by atoms with E-state index in [4.69, 9.17) is 0 Å². The Labute approximate surface area is 481 Å². The maximum Gasteiger partial charge on any atom is 0.0844 e. The van der Waals surface area contributed by atoms with Crippen molar-refractivity contribution in [2.75, 3.05) is 14.1 Å². The van der Waals surface area contributed by atoms with Crippen LogP contribution >= 0.6 is 0 Å². The topological polar surface area (TPSA) is 37.6 Å². The summed E-state index contributed by atoms with van der Waals surface area (Å²) in [6, 6.07) is 11.8. The summed E-state index contributed by atoms with van der Waals surface area (Å²) in [5, 5.41) is 0. The first-order chi connectivity index (χ1) is 33.7. The van der Waals surface area contributed by atoms with E-state index in [9.17, 15) is 0 Å². The molecule has 3 nitrogen and oxygen atoms in total. The third kappa shape index (κ3) is 106. The van der Waals surface area contributed by atoms with Crippen molar-refractivity contribution < 1.29 is 16.8 Å². The Morgan fingerprint density at radius 2 is 0.917 bits per heavy atom. The first-order valence-electron chi connectivity index (χ1n) is 30.2. The number of allylic oxidation sites excluding steroid dienone is 4.